The number of pyridine rings is 1. The van der Waals surface area contributed by atoms with Gasteiger partial charge in [-0.2, -0.15) is 13.2 Å². The van der Waals surface area contributed by atoms with Crippen molar-refractivity contribution in [2.45, 2.75) is 97.9 Å². The molecule has 3 aliphatic rings. The Morgan fingerprint density at radius 1 is 1.04 bits per heavy atom. The van der Waals surface area contributed by atoms with E-state index < -0.39 is 17.5 Å². The number of nitrogens with one attached hydrogen (secondary N) is 3. The summed E-state index contributed by atoms with van der Waals surface area (Å²) in [5.74, 6) is 0.549. The van der Waals surface area contributed by atoms with Crippen LogP contribution >= 0.6 is 0 Å². The number of halogens is 3. The van der Waals surface area contributed by atoms with E-state index in [4.69, 9.17) is 4.99 Å². The molecule has 12 heteroatoms. The number of benzene rings is 1. The van der Waals surface area contributed by atoms with Crippen LogP contribution in [0.1, 0.15) is 113 Å². The van der Waals surface area contributed by atoms with Crippen LogP contribution in [0.5, 0.6) is 0 Å². The maximum absolute atomic E-state index is 14.5. The lowest BCUT2D eigenvalue weighted by Gasteiger charge is -2.47. The molecule has 2 aliphatic heterocycles. The summed E-state index contributed by atoms with van der Waals surface area (Å²) in [5, 5.41) is 2.87. The molecule has 47 heavy (non-hydrogen) atoms. The first-order valence-corrected chi connectivity index (χ1v) is 16.3. The van der Waals surface area contributed by atoms with Gasteiger partial charge in [-0.3, -0.25) is 24.6 Å². The van der Waals surface area contributed by atoms with Gasteiger partial charge in [0.25, 0.3) is 11.8 Å². The lowest BCUT2D eigenvalue weighted by Crippen LogP contribution is -2.51. The molecular weight excluding hydrogens is 607 g/mol. The number of amides is 2. The van der Waals surface area contributed by atoms with Crippen LogP contribution in [0.2, 0.25) is 0 Å². The fraction of sp³-hybridized carbons (Fsp3) is 0.571. The van der Waals surface area contributed by atoms with E-state index in [9.17, 15) is 22.8 Å². The van der Waals surface area contributed by atoms with Gasteiger partial charge >= 0.3 is 6.18 Å². The molecule has 1 atom stereocenters. The number of hydrazine groups is 1. The van der Waals surface area contributed by atoms with Crippen molar-refractivity contribution < 1.29 is 22.8 Å². The maximum atomic E-state index is 14.5. The fourth-order valence-electron chi connectivity index (χ4n) is 6.79. The number of rotatable bonds is 8. The summed E-state index contributed by atoms with van der Waals surface area (Å²) in [6.07, 6.45) is 1.03. The van der Waals surface area contributed by atoms with E-state index in [-0.39, 0.29) is 46.5 Å². The predicted molar refractivity (Wildman–Crippen MR) is 176 cm³/mol. The Morgan fingerprint density at radius 3 is 2.26 bits per heavy atom. The number of alkyl halides is 3. The number of amidine groups is 1. The van der Waals surface area contributed by atoms with Gasteiger partial charge in [0.2, 0.25) is 0 Å². The number of aromatic nitrogens is 1. The topological polar surface area (TPSA) is 111 Å². The molecule has 1 spiro atoms. The molecule has 1 aliphatic carbocycles. The van der Waals surface area contributed by atoms with Gasteiger partial charge in [-0.25, -0.2) is 5.43 Å². The predicted octanol–water partition coefficient (Wildman–Crippen LogP) is 6.43. The second kappa shape index (κ2) is 13.0. The summed E-state index contributed by atoms with van der Waals surface area (Å²) in [6.45, 7) is 13.9. The number of hydrogen-bond acceptors (Lipinski definition) is 7. The molecule has 2 amide bonds. The number of carbonyl (C=O) groups excluding carboxylic acids is 2. The summed E-state index contributed by atoms with van der Waals surface area (Å²) in [5.41, 5.74) is 5.78. The van der Waals surface area contributed by atoms with Crippen molar-refractivity contribution in [1.29, 1.82) is 0 Å². The third-order valence-corrected chi connectivity index (χ3v) is 9.56. The molecule has 0 saturated heterocycles. The average Bonchev–Trinajstić information content (AvgIpc) is 3.62. The Balaban J connectivity index is 1.49. The van der Waals surface area contributed by atoms with Crippen LogP contribution in [-0.2, 0) is 11.0 Å². The van der Waals surface area contributed by atoms with Crippen molar-refractivity contribution in [3.63, 3.8) is 0 Å². The molecule has 9 nitrogen and oxygen atoms in total. The van der Waals surface area contributed by atoms with Gasteiger partial charge < -0.3 is 15.6 Å². The zero-order valence-corrected chi connectivity index (χ0v) is 28.1. The molecular formula is C35H46F3N7O2. The van der Waals surface area contributed by atoms with E-state index in [0.29, 0.717) is 43.2 Å². The molecule has 2 aromatic rings. The first-order valence-electron chi connectivity index (χ1n) is 16.3. The third-order valence-electron chi connectivity index (χ3n) is 9.56. The quantitative estimate of drug-likeness (QED) is 0.304. The average molecular weight is 654 g/mol. The molecule has 1 saturated carbocycles. The van der Waals surface area contributed by atoms with Crippen LogP contribution in [-0.4, -0.2) is 52.1 Å². The second-order valence-electron chi connectivity index (χ2n) is 15.2. The molecule has 3 N–H and O–H groups in total. The van der Waals surface area contributed by atoms with Gasteiger partial charge in [-0.05, 0) is 85.1 Å². The molecule has 254 valence electrons. The van der Waals surface area contributed by atoms with Crippen molar-refractivity contribution in [2.24, 2.45) is 26.7 Å². The summed E-state index contributed by atoms with van der Waals surface area (Å²) >= 11 is 0. The van der Waals surface area contributed by atoms with Crippen LogP contribution in [0.15, 0.2) is 52.6 Å². The lowest BCUT2D eigenvalue weighted by molar-refractivity contribution is -0.141. The van der Waals surface area contributed by atoms with Crippen LogP contribution in [0.25, 0.3) is 0 Å². The molecule has 3 heterocycles. The largest absolute Gasteiger partial charge is 0.433 e. The highest BCUT2D eigenvalue weighted by molar-refractivity contribution is 6.46. The van der Waals surface area contributed by atoms with Crippen molar-refractivity contribution in [2.75, 3.05) is 13.2 Å². The van der Waals surface area contributed by atoms with E-state index in [1.165, 1.54) is 6.07 Å². The molecule has 0 unspecified atom stereocenters. The van der Waals surface area contributed by atoms with Crippen molar-refractivity contribution in [3.05, 3.63) is 65.0 Å². The minimum atomic E-state index is -4.58. The van der Waals surface area contributed by atoms with Crippen molar-refractivity contribution >= 4 is 23.4 Å². The Kier molecular flexibility index (Phi) is 9.56. The van der Waals surface area contributed by atoms with Gasteiger partial charge in [-0.15, -0.1) is 0 Å². The highest BCUT2D eigenvalue weighted by Crippen LogP contribution is 2.50. The monoisotopic (exact) mass is 653 g/mol. The maximum Gasteiger partial charge on any atom is 0.433 e. The Hall–Kier alpha value is -3.80. The molecule has 1 aromatic heterocycles. The number of carbonyl (C=O) groups is 2. The molecule has 1 fully saturated rings. The van der Waals surface area contributed by atoms with Gasteiger partial charge in [0.1, 0.15) is 29.6 Å². The molecule has 0 radical (unpaired) electrons. The lowest BCUT2D eigenvalue weighted by atomic mass is 9.69. The minimum absolute atomic E-state index is 0.0230. The normalized spacial score (nSPS) is 22.6. The van der Waals surface area contributed by atoms with Gasteiger partial charge in [-0.1, -0.05) is 53.7 Å². The molecule has 0 bridgehead atoms. The highest BCUT2D eigenvalue weighted by Gasteiger charge is 2.53. The van der Waals surface area contributed by atoms with E-state index in [1.807, 2.05) is 17.0 Å². The Bertz CT molecular complexity index is 1510. The second-order valence-corrected chi connectivity index (χ2v) is 15.2. The summed E-state index contributed by atoms with van der Waals surface area (Å²) in [7, 11) is 0. The van der Waals surface area contributed by atoms with Crippen LogP contribution < -0.4 is 16.2 Å². The van der Waals surface area contributed by atoms with Crippen LogP contribution in [0, 0.1) is 16.7 Å². The summed E-state index contributed by atoms with van der Waals surface area (Å²) in [6, 6.07) is 9.17. The van der Waals surface area contributed by atoms with Crippen LogP contribution in [0.4, 0.5) is 13.2 Å². The zero-order chi connectivity index (χ0) is 34.2. The number of nitrogens with zero attached hydrogens (tertiary/aromatic N) is 4. The molecule has 5 rings (SSSR count). The smallest absolute Gasteiger partial charge is 0.345 e. The first-order chi connectivity index (χ1) is 22.0. The minimum Gasteiger partial charge on any atom is -0.345 e. The third kappa shape index (κ3) is 7.85. The van der Waals surface area contributed by atoms with Crippen molar-refractivity contribution in [3.8, 4) is 0 Å². The van der Waals surface area contributed by atoms with E-state index in [2.05, 4.69) is 67.7 Å². The SMILES string of the molecule is CC(C)(C)CC[C@H](c1ccc(C(=O)NCC2=NCNN2)cc1)N1C(=O)C(c2ccc(C(F)(F)F)nc2)=NC12CCC(C(C)(C)C)CC2. The van der Waals surface area contributed by atoms with Crippen LogP contribution in [0.3, 0.4) is 0 Å². The van der Waals surface area contributed by atoms with E-state index >= 15 is 0 Å². The molecule has 1 aromatic carbocycles. The zero-order valence-electron chi connectivity index (χ0n) is 28.1. The van der Waals surface area contributed by atoms with Gasteiger partial charge in [0.05, 0.1) is 12.6 Å². The Labute approximate surface area is 274 Å². The van der Waals surface area contributed by atoms with Gasteiger partial charge in [0.15, 0.2) is 0 Å². The first kappa shape index (κ1) is 34.5. The van der Waals surface area contributed by atoms with E-state index in [1.54, 1.807) is 12.1 Å². The number of aliphatic imine (C=N–C) groups is 2. The van der Waals surface area contributed by atoms with Gasteiger partial charge in [0, 0.05) is 17.3 Å². The summed E-state index contributed by atoms with van der Waals surface area (Å²) in [4.78, 5) is 42.3. The summed E-state index contributed by atoms with van der Waals surface area (Å²) < 4.78 is 40.0. The van der Waals surface area contributed by atoms with Crippen molar-refractivity contribution in [1.82, 2.24) is 26.1 Å². The van der Waals surface area contributed by atoms with E-state index in [0.717, 1.165) is 37.1 Å². The fourth-order valence-corrected chi connectivity index (χ4v) is 6.79. The Morgan fingerprint density at radius 2 is 1.72 bits per heavy atom. The number of hydrogen-bond donors (Lipinski definition) is 3. The highest BCUT2D eigenvalue weighted by atomic mass is 19.4. The standard InChI is InChI=1S/C35H46F3N7O2/c1-32(2,3)16-15-26(22-7-9-23(10-8-22)30(46)40-20-28-41-21-42-44-28)45-31(47)29(24-11-12-27(39-19-24)35(36,37)38)43-34(45)17-13-25(14-18-34)33(4,5)6/h7-12,19,25-26,42H,13-18,20-21H2,1-6H3,(H,40,46)(H,41,44)/t25?,26-,34?/m1/s1.